The number of carbonyl (C=O) groups excluding carboxylic acids is 1. The number of hydrogen-bond donors (Lipinski definition) is 1. The smallest absolute Gasteiger partial charge is 0.319 e. The Morgan fingerprint density at radius 2 is 2.46 bits per heavy atom. The van der Waals surface area contributed by atoms with Crippen molar-refractivity contribution in [3.8, 4) is 0 Å². The number of Topliss-reactive ketones (excluding diaryl/α,β-unsaturated/α-hetero) is 1. The number of hydrogen-bond acceptors (Lipinski definition) is 3. The summed E-state index contributed by atoms with van der Waals surface area (Å²) in [7, 11) is 0. The van der Waals surface area contributed by atoms with Gasteiger partial charge in [0.1, 0.15) is 0 Å². The summed E-state index contributed by atoms with van der Waals surface area (Å²) >= 11 is 0. The van der Waals surface area contributed by atoms with Gasteiger partial charge in [-0.15, -0.1) is 6.58 Å². The minimum atomic E-state index is -1.38. The molecule has 1 atom stereocenters. The zero-order valence-corrected chi connectivity index (χ0v) is 7.28. The number of carboxylic acid groups (broad SMARTS) is 1. The van der Waals surface area contributed by atoms with Gasteiger partial charge in [0.2, 0.25) is 0 Å². The molecule has 0 bridgehead atoms. The summed E-state index contributed by atoms with van der Waals surface area (Å²) in [4.78, 5) is 22.4. The molecule has 0 aromatic carbocycles. The van der Waals surface area contributed by atoms with Gasteiger partial charge in [0, 0.05) is 6.42 Å². The van der Waals surface area contributed by atoms with Gasteiger partial charge in [-0.2, -0.15) is 0 Å². The van der Waals surface area contributed by atoms with Crippen molar-refractivity contribution < 1.29 is 19.4 Å². The van der Waals surface area contributed by atoms with E-state index in [0.717, 1.165) is 0 Å². The van der Waals surface area contributed by atoms with Gasteiger partial charge in [-0.1, -0.05) is 6.08 Å². The molecule has 1 heterocycles. The van der Waals surface area contributed by atoms with E-state index < -0.39 is 11.4 Å². The maximum atomic E-state index is 11.4. The fraction of sp³-hybridized carbons (Fsp3) is 0.556. The van der Waals surface area contributed by atoms with Crippen LogP contribution in [0.4, 0.5) is 0 Å². The first-order valence-corrected chi connectivity index (χ1v) is 4.09. The third kappa shape index (κ3) is 1.62. The Hall–Kier alpha value is -1.16. The SMILES string of the molecule is C=CCC1(C(=O)O)COCCC1=O. The Bertz CT molecular complexity index is 246. The number of allylic oxidation sites excluding steroid dienone is 1. The molecule has 0 aromatic heterocycles. The molecule has 0 aliphatic carbocycles. The minimum Gasteiger partial charge on any atom is -0.480 e. The van der Waals surface area contributed by atoms with Crippen LogP contribution in [0.1, 0.15) is 12.8 Å². The highest BCUT2D eigenvalue weighted by Gasteiger charge is 2.46. The van der Waals surface area contributed by atoms with Crippen molar-refractivity contribution in [3.05, 3.63) is 12.7 Å². The highest BCUT2D eigenvalue weighted by atomic mass is 16.5. The summed E-state index contributed by atoms with van der Waals surface area (Å²) in [6.45, 7) is 3.74. The molecule has 0 amide bonds. The van der Waals surface area contributed by atoms with Crippen LogP contribution in [-0.4, -0.2) is 30.1 Å². The Balaban J connectivity index is 2.92. The van der Waals surface area contributed by atoms with Crippen LogP contribution in [0.25, 0.3) is 0 Å². The molecule has 13 heavy (non-hydrogen) atoms. The monoisotopic (exact) mass is 184 g/mol. The first-order chi connectivity index (χ1) is 6.13. The Labute approximate surface area is 76.2 Å². The van der Waals surface area contributed by atoms with Crippen LogP contribution < -0.4 is 0 Å². The van der Waals surface area contributed by atoms with Crippen molar-refractivity contribution in [3.63, 3.8) is 0 Å². The summed E-state index contributed by atoms with van der Waals surface area (Å²) in [6.07, 6.45) is 1.77. The Morgan fingerprint density at radius 3 is 2.92 bits per heavy atom. The molecule has 4 heteroatoms. The fourth-order valence-electron chi connectivity index (χ4n) is 1.42. The van der Waals surface area contributed by atoms with Crippen LogP contribution >= 0.6 is 0 Å². The van der Waals surface area contributed by atoms with Gasteiger partial charge in [0.15, 0.2) is 11.2 Å². The van der Waals surface area contributed by atoms with E-state index in [-0.39, 0.29) is 25.2 Å². The molecule has 0 aromatic rings. The molecule has 0 radical (unpaired) electrons. The second-order valence-corrected chi connectivity index (χ2v) is 3.11. The van der Waals surface area contributed by atoms with Crippen LogP contribution in [0.2, 0.25) is 0 Å². The third-order valence-electron chi connectivity index (χ3n) is 2.26. The van der Waals surface area contributed by atoms with E-state index in [2.05, 4.69) is 6.58 Å². The lowest BCUT2D eigenvalue weighted by molar-refractivity contribution is -0.164. The van der Waals surface area contributed by atoms with Gasteiger partial charge >= 0.3 is 5.97 Å². The molecule has 1 unspecified atom stereocenters. The van der Waals surface area contributed by atoms with Gasteiger partial charge in [-0.25, -0.2) is 0 Å². The summed E-state index contributed by atoms with van der Waals surface area (Å²) in [5, 5.41) is 8.94. The van der Waals surface area contributed by atoms with E-state index in [9.17, 15) is 9.59 Å². The molecule has 4 nitrogen and oxygen atoms in total. The molecule has 1 aliphatic rings. The molecular weight excluding hydrogens is 172 g/mol. The molecular formula is C9H12O4. The first-order valence-electron chi connectivity index (χ1n) is 4.09. The lowest BCUT2D eigenvalue weighted by atomic mass is 9.78. The first kappa shape index (κ1) is 9.92. The quantitative estimate of drug-likeness (QED) is 0.516. The summed E-state index contributed by atoms with van der Waals surface area (Å²) in [6, 6.07) is 0. The molecule has 0 spiro atoms. The highest BCUT2D eigenvalue weighted by molar-refractivity contribution is 6.03. The van der Waals surface area contributed by atoms with E-state index in [1.54, 1.807) is 0 Å². The van der Waals surface area contributed by atoms with Crippen molar-refractivity contribution in [1.82, 2.24) is 0 Å². The topological polar surface area (TPSA) is 63.6 Å². The molecule has 72 valence electrons. The van der Waals surface area contributed by atoms with Gasteiger partial charge in [-0.3, -0.25) is 9.59 Å². The zero-order chi connectivity index (χ0) is 9.90. The predicted molar refractivity (Wildman–Crippen MR) is 45.3 cm³/mol. The van der Waals surface area contributed by atoms with Crippen molar-refractivity contribution in [1.29, 1.82) is 0 Å². The van der Waals surface area contributed by atoms with E-state index in [1.165, 1.54) is 6.08 Å². The summed E-state index contributed by atoms with van der Waals surface area (Å²) in [5.74, 6) is -1.37. The molecule has 0 saturated carbocycles. The lowest BCUT2D eigenvalue weighted by Gasteiger charge is -2.30. The highest BCUT2D eigenvalue weighted by Crippen LogP contribution is 2.29. The van der Waals surface area contributed by atoms with Crippen LogP contribution in [0.3, 0.4) is 0 Å². The molecule has 1 N–H and O–H groups in total. The standard InChI is InChI=1S/C9H12O4/c1-2-4-9(8(11)12)6-13-5-3-7(9)10/h2H,1,3-6H2,(H,11,12). The van der Waals surface area contributed by atoms with Crippen molar-refractivity contribution in [2.24, 2.45) is 5.41 Å². The largest absolute Gasteiger partial charge is 0.480 e. The van der Waals surface area contributed by atoms with Crippen molar-refractivity contribution in [2.75, 3.05) is 13.2 Å². The zero-order valence-electron chi connectivity index (χ0n) is 7.28. The maximum absolute atomic E-state index is 11.4. The van der Waals surface area contributed by atoms with Crippen LogP contribution in [0.15, 0.2) is 12.7 Å². The average molecular weight is 184 g/mol. The summed E-state index contributed by atoms with van der Waals surface area (Å²) in [5.41, 5.74) is -1.38. The minimum absolute atomic E-state index is 0.0345. The van der Waals surface area contributed by atoms with Gasteiger partial charge in [0.25, 0.3) is 0 Å². The van der Waals surface area contributed by atoms with Crippen molar-refractivity contribution >= 4 is 11.8 Å². The Morgan fingerprint density at radius 1 is 1.77 bits per heavy atom. The second kappa shape index (κ2) is 3.70. The third-order valence-corrected chi connectivity index (χ3v) is 2.26. The van der Waals surface area contributed by atoms with Crippen molar-refractivity contribution in [2.45, 2.75) is 12.8 Å². The molecule has 1 fully saturated rings. The molecule has 1 rings (SSSR count). The molecule has 1 saturated heterocycles. The number of aliphatic carboxylic acids is 1. The molecule has 1 aliphatic heterocycles. The number of ketones is 1. The lowest BCUT2D eigenvalue weighted by Crippen LogP contribution is -2.46. The van der Waals surface area contributed by atoms with Gasteiger partial charge in [0.05, 0.1) is 13.2 Å². The Kier molecular flexibility index (Phi) is 2.83. The number of carbonyl (C=O) groups is 2. The van der Waals surface area contributed by atoms with Gasteiger partial charge in [-0.05, 0) is 6.42 Å². The van der Waals surface area contributed by atoms with E-state index in [0.29, 0.717) is 6.61 Å². The van der Waals surface area contributed by atoms with Gasteiger partial charge < -0.3 is 9.84 Å². The van der Waals surface area contributed by atoms with Crippen LogP contribution in [0.5, 0.6) is 0 Å². The fourth-order valence-corrected chi connectivity index (χ4v) is 1.42. The number of rotatable bonds is 3. The second-order valence-electron chi connectivity index (χ2n) is 3.11. The predicted octanol–water partition coefficient (Wildman–Crippen LogP) is 0.623. The van der Waals surface area contributed by atoms with E-state index in [4.69, 9.17) is 9.84 Å². The van der Waals surface area contributed by atoms with E-state index in [1.807, 2.05) is 0 Å². The number of carboxylic acids is 1. The number of ether oxygens (including phenoxy) is 1. The maximum Gasteiger partial charge on any atom is 0.319 e. The van der Waals surface area contributed by atoms with E-state index >= 15 is 0 Å². The van der Waals surface area contributed by atoms with Crippen LogP contribution in [0, 0.1) is 5.41 Å². The average Bonchev–Trinajstić information content (AvgIpc) is 2.09. The van der Waals surface area contributed by atoms with Crippen LogP contribution in [-0.2, 0) is 14.3 Å². The summed E-state index contributed by atoms with van der Waals surface area (Å²) < 4.78 is 5.02. The normalized spacial score (nSPS) is 28.5.